The summed E-state index contributed by atoms with van der Waals surface area (Å²) in [7, 11) is 3.08. The number of ether oxygens (including phenoxy) is 1. The number of benzene rings is 1. The molecule has 2 aromatic rings. The molecule has 0 unspecified atom stereocenters. The summed E-state index contributed by atoms with van der Waals surface area (Å²) in [5, 5.41) is 8.18. The van der Waals surface area contributed by atoms with E-state index in [0.717, 1.165) is 5.52 Å². The minimum Gasteiger partial charge on any atom is -0.465 e. The van der Waals surface area contributed by atoms with Gasteiger partial charge in [-0.3, -0.25) is 0 Å². The van der Waals surface area contributed by atoms with Crippen LogP contribution in [0.1, 0.15) is 10.4 Å². The SMILES string of the molecule is COC(=O)c1ccc2nn(C)nc2c1. The molecular weight excluding hydrogens is 182 g/mol. The van der Waals surface area contributed by atoms with Crippen LogP contribution in [-0.4, -0.2) is 28.1 Å². The van der Waals surface area contributed by atoms with Crippen molar-refractivity contribution in [2.24, 2.45) is 7.05 Å². The minimum absolute atomic E-state index is 0.363. The number of aromatic nitrogens is 3. The highest BCUT2D eigenvalue weighted by Crippen LogP contribution is 2.11. The van der Waals surface area contributed by atoms with Gasteiger partial charge in [-0.1, -0.05) is 0 Å². The van der Waals surface area contributed by atoms with Gasteiger partial charge in [-0.05, 0) is 18.2 Å². The zero-order valence-corrected chi connectivity index (χ0v) is 7.89. The number of hydrogen-bond acceptors (Lipinski definition) is 4. The Kier molecular flexibility index (Phi) is 1.92. The highest BCUT2D eigenvalue weighted by atomic mass is 16.5. The monoisotopic (exact) mass is 191 g/mol. The topological polar surface area (TPSA) is 57.0 Å². The van der Waals surface area contributed by atoms with Crippen molar-refractivity contribution in [3.05, 3.63) is 23.8 Å². The second-order valence-electron chi connectivity index (χ2n) is 2.88. The number of hydrogen-bond donors (Lipinski definition) is 0. The molecule has 0 amide bonds. The van der Waals surface area contributed by atoms with E-state index in [9.17, 15) is 4.79 Å². The van der Waals surface area contributed by atoms with Gasteiger partial charge >= 0.3 is 5.97 Å². The molecule has 0 fully saturated rings. The first-order valence-corrected chi connectivity index (χ1v) is 4.10. The van der Waals surface area contributed by atoms with E-state index in [2.05, 4.69) is 14.9 Å². The van der Waals surface area contributed by atoms with Crippen LogP contribution >= 0.6 is 0 Å². The molecular formula is C9H9N3O2. The van der Waals surface area contributed by atoms with Crippen molar-refractivity contribution < 1.29 is 9.53 Å². The Morgan fingerprint density at radius 1 is 1.36 bits per heavy atom. The summed E-state index contributed by atoms with van der Waals surface area (Å²) in [6.45, 7) is 0. The molecule has 0 aliphatic rings. The second-order valence-corrected chi connectivity index (χ2v) is 2.88. The van der Waals surface area contributed by atoms with Crippen LogP contribution < -0.4 is 0 Å². The van der Waals surface area contributed by atoms with Crippen LogP contribution in [0.15, 0.2) is 18.2 Å². The fraction of sp³-hybridized carbons (Fsp3) is 0.222. The first kappa shape index (κ1) is 8.68. The normalized spacial score (nSPS) is 10.4. The summed E-state index contributed by atoms with van der Waals surface area (Å²) in [5.74, 6) is -0.363. The number of esters is 1. The molecule has 0 atom stereocenters. The summed E-state index contributed by atoms with van der Waals surface area (Å²) >= 11 is 0. The van der Waals surface area contributed by atoms with Gasteiger partial charge in [0, 0.05) is 7.05 Å². The predicted molar refractivity (Wildman–Crippen MR) is 49.8 cm³/mol. The lowest BCUT2D eigenvalue weighted by atomic mass is 10.2. The number of rotatable bonds is 1. The van der Waals surface area contributed by atoms with Gasteiger partial charge in [0.15, 0.2) is 0 Å². The van der Waals surface area contributed by atoms with Gasteiger partial charge in [-0.25, -0.2) is 4.79 Å². The number of carbonyl (C=O) groups excluding carboxylic acids is 1. The molecule has 14 heavy (non-hydrogen) atoms. The largest absolute Gasteiger partial charge is 0.465 e. The molecule has 1 aromatic heterocycles. The Balaban J connectivity index is 2.55. The van der Waals surface area contributed by atoms with E-state index in [0.29, 0.717) is 11.1 Å². The van der Waals surface area contributed by atoms with E-state index in [4.69, 9.17) is 0 Å². The maximum atomic E-state index is 11.2. The van der Waals surface area contributed by atoms with Gasteiger partial charge in [0.2, 0.25) is 0 Å². The van der Waals surface area contributed by atoms with Crippen LogP contribution in [0.2, 0.25) is 0 Å². The summed E-state index contributed by atoms with van der Waals surface area (Å²) < 4.78 is 4.60. The first-order valence-electron chi connectivity index (χ1n) is 4.10. The molecule has 1 aromatic carbocycles. The number of methoxy groups -OCH3 is 1. The van der Waals surface area contributed by atoms with Crippen molar-refractivity contribution in [3.63, 3.8) is 0 Å². The lowest BCUT2D eigenvalue weighted by Gasteiger charge is -1.96. The van der Waals surface area contributed by atoms with Crippen molar-refractivity contribution >= 4 is 17.0 Å². The third-order valence-electron chi connectivity index (χ3n) is 1.90. The first-order chi connectivity index (χ1) is 6.70. The van der Waals surface area contributed by atoms with E-state index in [1.54, 1.807) is 25.2 Å². The number of fused-ring (bicyclic) bond motifs is 1. The van der Waals surface area contributed by atoms with Crippen molar-refractivity contribution in [1.29, 1.82) is 0 Å². The van der Waals surface area contributed by atoms with Crippen molar-refractivity contribution in [2.75, 3.05) is 7.11 Å². The molecule has 72 valence electrons. The molecule has 0 saturated carbocycles. The van der Waals surface area contributed by atoms with E-state index in [1.165, 1.54) is 11.9 Å². The molecule has 2 rings (SSSR count). The summed E-state index contributed by atoms with van der Waals surface area (Å²) in [5.41, 5.74) is 1.94. The molecule has 1 heterocycles. The predicted octanol–water partition coefficient (Wildman–Crippen LogP) is 0.755. The number of aryl methyl sites for hydroxylation is 1. The summed E-state index contributed by atoms with van der Waals surface area (Å²) in [6.07, 6.45) is 0. The lowest BCUT2D eigenvalue weighted by Crippen LogP contribution is -2.00. The van der Waals surface area contributed by atoms with E-state index < -0.39 is 0 Å². The average molecular weight is 191 g/mol. The molecule has 0 spiro atoms. The van der Waals surface area contributed by atoms with Gasteiger partial charge in [0.25, 0.3) is 0 Å². The highest BCUT2D eigenvalue weighted by molar-refractivity contribution is 5.93. The molecule has 0 aliphatic carbocycles. The Labute approximate surface area is 80.3 Å². The Morgan fingerprint density at radius 2 is 2.07 bits per heavy atom. The minimum atomic E-state index is -0.363. The zero-order valence-electron chi connectivity index (χ0n) is 7.89. The van der Waals surface area contributed by atoms with Crippen LogP contribution in [0.4, 0.5) is 0 Å². The maximum absolute atomic E-state index is 11.2. The molecule has 0 bridgehead atoms. The molecule has 0 radical (unpaired) electrons. The fourth-order valence-electron chi connectivity index (χ4n) is 1.27. The third kappa shape index (κ3) is 1.32. The van der Waals surface area contributed by atoms with Crippen molar-refractivity contribution in [3.8, 4) is 0 Å². The summed E-state index contributed by atoms with van der Waals surface area (Å²) in [6, 6.07) is 5.08. The van der Waals surface area contributed by atoms with E-state index >= 15 is 0 Å². The van der Waals surface area contributed by atoms with Gasteiger partial charge in [0.1, 0.15) is 11.0 Å². The van der Waals surface area contributed by atoms with Crippen molar-refractivity contribution in [2.45, 2.75) is 0 Å². The molecule has 5 nitrogen and oxygen atoms in total. The number of nitrogens with zero attached hydrogens (tertiary/aromatic N) is 3. The molecule has 0 N–H and O–H groups in total. The average Bonchev–Trinajstić information content (AvgIpc) is 2.55. The van der Waals surface area contributed by atoms with Gasteiger partial charge in [-0.2, -0.15) is 15.0 Å². The van der Waals surface area contributed by atoms with Gasteiger partial charge in [-0.15, -0.1) is 0 Å². The maximum Gasteiger partial charge on any atom is 0.337 e. The smallest absolute Gasteiger partial charge is 0.337 e. The summed E-state index contributed by atoms with van der Waals surface area (Å²) in [4.78, 5) is 12.7. The lowest BCUT2D eigenvalue weighted by molar-refractivity contribution is 0.0601. The standard InChI is InChI=1S/C9H9N3O2/c1-12-10-7-4-3-6(9(13)14-2)5-8(7)11-12/h3-5H,1-2H3. The van der Waals surface area contributed by atoms with Crippen LogP contribution in [0.5, 0.6) is 0 Å². The molecule has 0 aliphatic heterocycles. The van der Waals surface area contributed by atoms with Crippen LogP contribution in [0, 0.1) is 0 Å². The quantitative estimate of drug-likeness (QED) is 0.624. The molecule has 0 saturated heterocycles. The van der Waals surface area contributed by atoms with Gasteiger partial charge in [0.05, 0.1) is 12.7 Å². The highest BCUT2D eigenvalue weighted by Gasteiger charge is 2.07. The third-order valence-corrected chi connectivity index (χ3v) is 1.90. The van der Waals surface area contributed by atoms with Crippen LogP contribution in [0.3, 0.4) is 0 Å². The Morgan fingerprint density at radius 3 is 2.79 bits per heavy atom. The van der Waals surface area contributed by atoms with Crippen LogP contribution in [-0.2, 0) is 11.8 Å². The zero-order chi connectivity index (χ0) is 10.1. The Hall–Kier alpha value is -1.91. The van der Waals surface area contributed by atoms with E-state index in [-0.39, 0.29) is 5.97 Å². The van der Waals surface area contributed by atoms with Gasteiger partial charge < -0.3 is 4.74 Å². The second kappa shape index (κ2) is 3.10. The van der Waals surface area contributed by atoms with E-state index in [1.807, 2.05) is 0 Å². The van der Waals surface area contributed by atoms with Crippen LogP contribution in [0.25, 0.3) is 11.0 Å². The fourth-order valence-corrected chi connectivity index (χ4v) is 1.27. The number of carbonyl (C=O) groups is 1. The van der Waals surface area contributed by atoms with Crippen molar-refractivity contribution in [1.82, 2.24) is 15.0 Å². The Bertz CT molecular complexity index is 490. The molecule has 5 heteroatoms.